The highest BCUT2D eigenvalue weighted by Crippen LogP contribution is 2.31. The fourth-order valence-corrected chi connectivity index (χ4v) is 3.58. The molecule has 0 saturated carbocycles. The molecule has 0 bridgehead atoms. The number of likely N-dealkylation sites (tertiary alicyclic amines) is 1. The van der Waals surface area contributed by atoms with Crippen molar-refractivity contribution >= 4 is 17.5 Å². The molecule has 0 unspecified atom stereocenters. The molecule has 0 radical (unpaired) electrons. The van der Waals surface area contributed by atoms with Crippen LogP contribution in [-0.2, 0) is 16.0 Å². The van der Waals surface area contributed by atoms with Crippen LogP contribution in [0.2, 0.25) is 5.02 Å². The van der Waals surface area contributed by atoms with Gasteiger partial charge in [-0.2, -0.15) is 5.10 Å². The molecule has 6 nitrogen and oxygen atoms in total. The number of hydrogen-bond donors (Lipinski definition) is 0. The molecule has 2 aliphatic heterocycles. The van der Waals surface area contributed by atoms with E-state index in [2.05, 4.69) is 5.10 Å². The quantitative estimate of drug-likeness (QED) is 0.843. The third kappa shape index (κ3) is 3.42. The Morgan fingerprint density at radius 3 is 2.64 bits per heavy atom. The smallest absolute Gasteiger partial charge is 0.257 e. The van der Waals surface area contributed by atoms with Crippen LogP contribution in [-0.4, -0.2) is 52.7 Å². The molecule has 4 rings (SSSR count). The van der Waals surface area contributed by atoms with E-state index in [1.54, 1.807) is 17.1 Å². The molecule has 2 aliphatic rings. The Morgan fingerprint density at radius 1 is 1.20 bits per heavy atom. The summed E-state index contributed by atoms with van der Waals surface area (Å²) in [7, 11) is 0. The van der Waals surface area contributed by atoms with Crippen molar-refractivity contribution in [1.29, 1.82) is 0 Å². The van der Waals surface area contributed by atoms with Crippen molar-refractivity contribution in [3.8, 4) is 0 Å². The van der Waals surface area contributed by atoms with Crippen molar-refractivity contribution in [3.05, 3.63) is 52.8 Å². The lowest BCUT2D eigenvalue weighted by Gasteiger charge is -2.37. The lowest BCUT2D eigenvalue weighted by Crippen LogP contribution is -2.47. The van der Waals surface area contributed by atoms with E-state index in [1.165, 1.54) is 0 Å². The third-order valence-corrected chi connectivity index (χ3v) is 5.17. The van der Waals surface area contributed by atoms with Crippen LogP contribution in [0.4, 0.5) is 0 Å². The summed E-state index contributed by atoms with van der Waals surface area (Å²) in [5, 5.41) is 5.00. The molecule has 7 heteroatoms. The number of ether oxygens (including phenoxy) is 2. The Labute approximate surface area is 151 Å². The molecule has 132 valence electrons. The van der Waals surface area contributed by atoms with E-state index in [4.69, 9.17) is 21.1 Å². The second kappa shape index (κ2) is 6.78. The van der Waals surface area contributed by atoms with Gasteiger partial charge in [0, 0.05) is 37.2 Å². The average molecular weight is 362 g/mol. The summed E-state index contributed by atoms with van der Waals surface area (Å²) in [6.07, 6.45) is 4.82. The van der Waals surface area contributed by atoms with Crippen molar-refractivity contribution in [2.45, 2.75) is 25.2 Å². The monoisotopic (exact) mass is 361 g/mol. The second-order valence-electron chi connectivity index (χ2n) is 6.42. The largest absolute Gasteiger partial charge is 0.347 e. The van der Waals surface area contributed by atoms with Gasteiger partial charge in [0.25, 0.3) is 5.91 Å². The molecule has 2 saturated heterocycles. The number of nitrogens with zero attached hydrogens (tertiary/aromatic N) is 3. The van der Waals surface area contributed by atoms with E-state index in [0.717, 1.165) is 5.56 Å². The fourth-order valence-electron chi connectivity index (χ4n) is 3.38. The molecule has 1 amide bonds. The van der Waals surface area contributed by atoms with Gasteiger partial charge in [-0.1, -0.05) is 29.8 Å². The van der Waals surface area contributed by atoms with Gasteiger partial charge in [0.2, 0.25) is 0 Å². The zero-order chi connectivity index (χ0) is 17.3. The minimum atomic E-state index is -0.467. The Hall–Kier alpha value is -1.89. The van der Waals surface area contributed by atoms with Gasteiger partial charge in [0.15, 0.2) is 5.79 Å². The zero-order valence-corrected chi connectivity index (χ0v) is 14.6. The maximum absolute atomic E-state index is 12.7. The molecule has 2 fully saturated rings. The van der Waals surface area contributed by atoms with Gasteiger partial charge >= 0.3 is 0 Å². The van der Waals surface area contributed by atoms with Gasteiger partial charge in [-0.25, -0.2) is 0 Å². The SMILES string of the molecule is O=C(c1cnn(Cc2ccccc2Cl)c1)N1CCC2(CC1)OCCO2. The number of hydrogen-bond acceptors (Lipinski definition) is 4. The maximum atomic E-state index is 12.7. The lowest BCUT2D eigenvalue weighted by atomic mass is 10.0. The van der Waals surface area contributed by atoms with E-state index in [9.17, 15) is 4.79 Å². The number of rotatable bonds is 3. The topological polar surface area (TPSA) is 56.6 Å². The van der Waals surface area contributed by atoms with Crippen LogP contribution in [0, 0.1) is 0 Å². The number of benzene rings is 1. The summed E-state index contributed by atoms with van der Waals surface area (Å²) in [5.41, 5.74) is 1.57. The molecule has 1 aromatic heterocycles. The van der Waals surface area contributed by atoms with Gasteiger partial charge in [0.05, 0.1) is 31.5 Å². The summed E-state index contributed by atoms with van der Waals surface area (Å²) >= 11 is 6.18. The Bertz CT molecular complexity index is 760. The Morgan fingerprint density at radius 2 is 1.92 bits per heavy atom. The zero-order valence-electron chi connectivity index (χ0n) is 13.9. The molecule has 1 aromatic carbocycles. The first-order valence-electron chi connectivity index (χ1n) is 8.48. The first-order chi connectivity index (χ1) is 12.2. The van der Waals surface area contributed by atoms with Crippen LogP contribution in [0.25, 0.3) is 0 Å². The number of carbonyl (C=O) groups excluding carboxylic acids is 1. The maximum Gasteiger partial charge on any atom is 0.257 e. The van der Waals surface area contributed by atoms with Crippen molar-refractivity contribution in [3.63, 3.8) is 0 Å². The number of aromatic nitrogens is 2. The molecule has 3 heterocycles. The van der Waals surface area contributed by atoms with Crippen LogP contribution >= 0.6 is 11.6 Å². The molecule has 1 spiro atoms. The van der Waals surface area contributed by atoms with E-state index in [0.29, 0.717) is 56.3 Å². The van der Waals surface area contributed by atoms with Crippen molar-refractivity contribution in [1.82, 2.24) is 14.7 Å². The predicted molar refractivity (Wildman–Crippen MR) is 92.6 cm³/mol. The van der Waals surface area contributed by atoms with E-state index in [-0.39, 0.29) is 5.91 Å². The summed E-state index contributed by atoms with van der Waals surface area (Å²) < 4.78 is 13.2. The van der Waals surface area contributed by atoms with Crippen LogP contribution in [0.5, 0.6) is 0 Å². The molecule has 25 heavy (non-hydrogen) atoms. The highest BCUT2D eigenvalue weighted by molar-refractivity contribution is 6.31. The van der Waals surface area contributed by atoms with E-state index in [1.807, 2.05) is 29.2 Å². The number of piperidine rings is 1. The van der Waals surface area contributed by atoms with Gasteiger partial charge < -0.3 is 14.4 Å². The van der Waals surface area contributed by atoms with Crippen LogP contribution in [0.15, 0.2) is 36.7 Å². The first-order valence-corrected chi connectivity index (χ1v) is 8.86. The molecule has 2 aromatic rings. The summed E-state index contributed by atoms with van der Waals surface area (Å²) in [6, 6.07) is 7.64. The van der Waals surface area contributed by atoms with Crippen molar-refractivity contribution in [2.75, 3.05) is 26.3 Å². The first kappa shape index (κ1) is 16.6. The molecule has 0 atom stereocenters. The fraction of sp³-hybridized carbons (Fsp3) is 0.444. The van der Waals surface area contributed by atoms with Gasteiger partial charge in [-0.3, -0.25) is 9.48 Å². The molecule has 0 aliphatic carbocycles. The summed E-state index contributed by atoms with van der Waals surface area (Å²) in [4.78, 5) is 14.5. The van der Waals surface area contributed by atoms with Gasteiger partial charge in [-0.05, 0) is 11.6 Å². The second-order valence-corrected chi connectivity index (χ2v) is 6.83. The van der Waals surface area contributed by atoms with Crippen molar-refractivity contribution < 1.29 is 14.3 Å². The van der Waals surface area contributed by atoms with Crippen LogP contribution < -0.4 is 0 Å². The summed E-state index contributed by atoms with van der Waals surface area (Å²) in [6.45, 7) is 3.09. The highest BCUT2D eigenvalue weighted by Gasteiger charge is 2.40. The minimum absolute atomic E-state index is 0.00162. The lowest BCUT2D eigenvalue weighted by molar-refractivity contribution is -0.181. The average Bonchev–Trinajstić information content (AvgIpc) is 3.27. The molecular formula is C18H20ClN3O3. The van der Waals surface area contributed by atoms with Gasteiger partial charge in [-0.15, -0.1) is 0 Å². The van der Waals surface area contributed by atoms with Crippen molar-refractivity contribution in [2.24, 2.45) is 0 Å². The predicted octanol–water partition coefficient (Wildman–Crippen LogP) is 2.56. The Balaban J connectivity index is 1.40. The van der Waals surface area contributed by atoms with Gasteiger partial charge in [0.1, 0.15) is 0 Å². The summed E-state index contributed by atoms with van der Waals surface area (Å²) in [5.74, 6) is -0.469. The number of amides is 1. The normalized spacial score (nSPS) is 19.5. The highest BCUT2D eigenvalue weighted by atomic mass is 35.5. The molecule has 0 N–H and O–H groups in total. The van der Waals surface area contributed by atoms with Crippen LogP contribution in [0.1, 0.15) is 28.8 Å². The molecular weight excluding hydrogens is 342 g/mol. The van der Waals surface area contributed by atoms with E-state index < -0.39 is 5.79 Å². The Kier molecular flexibility index (Phi) is 4.50. The number of carbonyl (C=O) groups is 1. The number of halogens is 1. The standard InChI is InChI=1S/C18H20ClN3O3/c19-16-4-2-1-3-14(16)12-22-13-15(11-20-22)17(23)21-7-5-18(6-8-21)24-9-10-25-18/h1-4,11,13H,5-10,12H2. The van der Waals surface area contributed by atoms with E-state index >= 15 is 0 Å². The van der Waals surface area contributed by atoms with Crippen LogP contribution in [0.3, 0.4) is 0 Å². The third-order valence-electron chi connectivity index (χ3n) is 4.80. The minimum Gasteiger partial charge on any atom is -0.347 e.